The van der Waals surface area contributed by atoms with Crippen molar-refractivity contribution in [2.75, 3.05) is 26.4 Å². The summed E-state index contributed by atoms with van der Waals surface area (Å²) in [7, 11) is -4.40. The Kier molecular flexibility index (Phi) is 80.9. The molecular weight excluding hydrogens is 1270 g/mol. The molecule has 0 aromatic heterocycles. The number of esters is 2. The third-order valence-corrected chi connectivity index (χ3v) is 18.9. The van der Waals surface area contributed by atoms with E-state index < -0.39 is 26.5 Å². The Bertz CT molecular complexity index is 2230. The SMILES string of the molecule is CC/C=C\C/C=C\C/C=C\C/C=C\C/C=C\C/C=C\C/C=C\C/C=C\C/C=C\CCCCCCCCCCCCCCCC(=O)OC(COC(=O)CCCCCCCCCCCCCCCCCCCCCCCCCCCC/C=C\C/C=C\C/C=C\C/C=C\CC)COP(=O)(O)OCCN. The Morgan fingerprint density at radius 1 is 0.297 bits per heavy atom. The van der Waals surface area contributed by atoms with E-state index in [1.54, 1.807) is 0 Å². The summed E-state index contributed by atoms with van der Waals surface area (Å²) in [6, 6.07) is 0. The van der Waals surface area contributed by atoms with Crippen molar-refractivity contribution in [1.29, 1.82) is 0 Å². The number of ether oxygens (including phenoxy) is 2. The molecule has 2 unspecified atom stereocenters. The van der Waals surface area contributed by atoms with Gasteiger partial charge in [-0.25, -0.2) is 4.57 Å². The van der Waals surface area contributed by atoms with Gasteiger partial charge in [-0.3, -0.25) is 18.6 Å². The molecule has 0 saturated carbocycles. The molecule has 0 saturated heterocycles. The van der Waals surface area contributed by atoms with Crippen LogP contribution < -0.4 is 5.73 Å². The molecule has 0 amide bonds. The second-order valence-electron chi connectivity index (χ2n) is 27.6. The van der Waals surface area contributed by atoms with Crippen LogP contribution in [0.3, 0.4) is 0 Å². The van der Waals surface area contributed by atoms with Gasteiger partial charge < -0.3 is 20.1 Å². The summed E-state index contributed by atoms with van der Waals surface area (Å²) in [5.41, 5.74) is 5.42. The maximum atomic E-state index is 12.8. The minimum Gasteiger partial charge on any atom is -0.462 e. The summed E-state index contributed by atoms with van der Waals surface area (Å²) in [6.07, 6.45) is 124. The van der Waals surface area contributed by atoms with Crippen LogP contribution in [0.1, 0.15) is 373 Å². The van der Waals surface area contributed by atoms with Gasteiger partial charge >= 0.3 is 19.8 Å². The Morgan fingerprint density at radius 3 is 0.762 bits per heavy atom. The first-order valence-electron chi connectivity index (χ1n) is 42.0. The third-order valence-electron chi connectivity index (χ3n) is 17.9. The highest BCUT2D eigenvalue weighted by Crippen LogP contribution is 2.43. The first-order chi connectivity index (χ1) is 49.8. The summed E-state index contributed by atoms with van der Waals surface area (Å²) in [4.78, 5) is 35.5. The van der Waals surface area contributed by atoms with E-state index in [2.05, 4.69) is 172 Å². The van der Waals surface area contributed by atoms with Gasteiger partial charge in [0, 0.05) is 19.4 Å². The van der Waals surface area contributed by atoms with Gasteiger partial charge in [-0.2, -0.15) is 0 Å². The highest BCUT2D eigenvalue weighted by molar-refractivity contribution is 7.47. The Balaban J connectivity index is 3.81. The lowest BCUT2D eigenvalue weighted by Gasteiger charge is -2.19. The zero-order chi connectivity index (χ0) is 72.9. The van der Waals surface area contributed by atoms with Crippen molar-refractivity contribution < 1.29 is 37.6 Å². The number of allylic oxidation sites excluding steroid dienone is 26. The predicted molar refractivity (Wildman–Crippen MR) is 440 cm³/mol. The van der Waals surface area contributed by atoms with Crippen LogP contribution in [0, 0.1) is 0 Å². The van der Waals surface area contributed by atoms with Gasteiger partial charge in [-0.1, -0.05) is 397 Å². The maximum absolute atomic E-state index is 12.8. The van der Waals surface area contributed by atoms with Crippen molar-refractivity contribution in [3.8, 4) is 0 Å². The Labute approximate surface area is 623 Å². The first-order valence-corrected chi connectivity index (χ1v) is 43.5. The van der Waals surface area contributed by atoms with Crippen LogP contribution in [0.4, 0.5) is 0 Å². The molecule has 0 fully saturated rings. The van der Waals surface area contributed by atoms with E-state index in [0.717, 1.165) is 122 Å². The van der Waals surface area contributed by atoms with Gasteiger partial charge in [0.25, 0.3) is 0 Å². The fourth-order valence-corrected chi connectivity index (χ4v) is 12.6. The van der Waals surface area contributed by atoms with Crippen LogP contribution in [0.2, 0.25) is 0 Å². The average molecular weight is 1420 g/mol. The number of unbranched alkanes of at least 4 members (excludes halogenated alkanes) is 39. The van der Waals surface area contributed by atoms with E-state index >= 15 is 0 Å². The highest BCUT2D eigenvalue weighted by Gasteiger charge is 2.26. The molecule has 578 valence electrons. The summed E-state index contributed by atoms with van der Waals surface area (Å²) in [5, 5.41) is 0. The fraction of sp³-hybridized carbons (Fsp3) is 0.692. The molecule has 0 heterocycles. The quantitative estimate of drug-likeness (QED) is 0.0264. The van der Waals surface area contributed by atoms with Gasteiger partial charge in [0.1, 0.15) is 6.61 Å². The lowest BCUT2D eigenvalue weighted by atomic mass is 10.0. The van der Waals surface area contributed by atoms with Crippen molar-refractivity contribution in [3.05, 3.63) is 158 Å². The Morgan fingerprint density at radius 2 is 0.515 bits per heavy atom. The molecule has 0 rings (SSSR count). The summed E-state index contributed by atoms with van der Waals surface area (Å²) in [5.74, 6) is -0.819. The standard InChI is InChI=1S/C91H156NO8P/c1-3-5-7-9-11-13-15-17-19-21-23-25-27-29-31-33-35-37-39-41-43-44-46-48-50-52-54-56-58-60-62-64-66-68-70-72-74-76-78-80-82-84-91(94)100-89(88-99-101(95,96)98-86-85-92)87-97-90(93)83-81-79-77-75-73-71-69-67-65-63-61-59-57-55-53-51-49-47-45-42-40-38-36-34-32-30-28-26-24-22-20-18-16-14-12-10-8-6-4-2/h5-8,11-14,17-20,23-26,29,31,35,37,41,43,46,48,52,54,89H,3-4,9-10,15-16,21-22,27-28,30,32-34,36,38-40,42,44-45,47,49-51,53,55-88,92H2,1-2H3,(H,95,96)/b7-5-,8-6-,13-11-,14-12-,19-17-,20-18-,25-23-,26-24-,31-29-,37-35-,43-41-,48-46-,54-52-. The minimum absolute atomic E-state index is 0.0496. The molecule has 0 bridgehead atoms. The molecule has 3 N–H and O–H groups in total. The normalized spacial score (nSPS) is 13.7. The molecule has 101 heavy (non-hydrogen) atoms. The van der Waals surface area contributed by atoms with Crippen LogP contribution in [0.5, 0.6) is 0 Å². The molecular formula is C91H156NO8P. The number of carbonyl (C=O) groups is 2. The number of carbonyl (C=O) groups excluding carboxylic acids is 2. The highest BCUT2D eigenvalue weighted by atomic mass is 31.2. The van der Waals surface area contributed by atoms with Crippen LogP contribution in [-0.4, -0.2) is 49.3 Å². The van der Waals surface area contributed by atoms with Gasteiger partial charge in [0.05, 0.1) is 13.2 Å². The zero-order valence-electron chi connectivity index (χ0n) is 65.3. The van der Waals surface area contributed by atoms with E-state index in [1.165, 1.54) is 218 Å². The van der Waals surface area contributed by atoms with Crippen LogP contribution in [0.25, 0.3) is 0 Å². The number of phosphoric acid groups is 1. The smallest absolute Gasteiger partial charge is 0.462 e. The van der Waals surface area contributed by atoms with Gasteiger partial charge in [0.15, 0.2) is 6.10 Å². The topological polar surface area (TPSA) is 134 Å². The molecule has 0 aromatic carbocycles. The molecule has 9 nitrogen and oxygen atoms in total. The molecule has 0 radical (unpaired) electrons. The third kappa shape index (κ3) is 84.5. The van der Waals surface area contributed by atoms with Gasteiger partial charge in [-0.15, -0.1) is 0 Å². The van der Waals surface area contributed by atoms with E-state index in [0.29, 0.717) is 6.42 Å². The van der Waals surface area contributed by atoms with Crippen LogP contribution in [-0.2, 0) is 32.7 Å². The number of hydrogen-bond donors (Lipinski definition) is 2. The number of hydrogen-bond acceptors (Lipinski definition) is 8. The van der Waals surface area contributed by atoms with Gasteiger partial charge in [-0.05, 0) is 122 Å². The summed E-state index contributed by atoms with van der Waals surface area (Å²) < 4.78 is 33.3. The second kappa shape index (κ2) is 84.6. The monoisotopic (exact) mass is 1420 g/mol. The van der Waals surface area contributed by atoms with Crippen molar-refractivity contribution in [2.24, 2.45) is 5.73 Å². The number of rotatable bonds is 78. The lowest BCUT2D eigenvalue weighted by molar-refractivity contribution is -0.161. The number of phosphoric ester groups is 1. The van der Waals surface area contributed by atoms with Crippen molar-refractivity contribution >= 4 is 19.8 Å². The van der Waals surface area contributed by atoms with Crippen molar-refractivity contribution in [1.82, 2.24) is 0 Å². The molecule has 0 aliphatic carbocycles. The molecule has 0 aliphatic heterocycles. The molecule has 2 atom stereocenters. The van der Waals surface area contributed by atoms with Gasteiger partial charge in [0.2, 0.25) is 0 Å². The van der Waals surface area contributed by atoms with E-state index in [4.69, 9.17) is 24.3 Å². The minimum atomic E-state index is -4.40. The first kappa shape index (κ1) is 96.6. The maximum Gasteiger partial charge on any atom is 0.472 e. The summed E-state index contributed by atoms with van der Waals surface area (Å²) in [6.45, 7) is 3.55. The van der Waals surface area contributed by atoms with Crippen molar-refractivity contribution in [2.45, 2.75) is 380 Å². The number of nitrogens with two attached hydrogens (primary N) is 1. The molecule has 0 aliphatic rings. The van der Waals surface area contributed by atoms with Crippen LogP contribution >= 0.6 is 7.82 Å². The molecule has 0 aromatic rings. The van der Waals surface area contributed by atoms with E-state index in [1.807, 2.05) is 0 Å². The van der Waals surface area contributed by atoms with E-state index in [-0.39, 0.29) is 38.6 Å². The average Bonchev–Trinajstić information content (AvgIpc) is 1.04. The Hall–Kier alpha value is -4.37. The van der Waals surface area contributed by atoms with E-state index in [9.17, 15) is 19.0 Å². The largest absolute Gasteiger partial charge is 0.472 e. The predicted octanol–water partition coefficient (Wildman–Crippen LogP) is 28.6. The lowest BCUT2D eigenvalue weighted by Crippen LogP contribution is -2.29. The van der Waals surface area contributed by atoms with Crippen molar-refractivity contribution in [3.63, 3.8) is 0 Å². The second-order valence-corrected chi connectivity index (χ2v) is 29.0. The molecule has 10 heteroatoms. The summed E-state index contributed by atoms with van der Waals surface area (Å²) >= 11 is 0. The fourth-order valence-electron chi connectivity index (χ4n) is 11.8. The molecule has 0 spiro atoms. The zero-order valence-corrected chi connectivity index (χ0v) is 66.2. The van der Waals surface area contributed by atoms with Crippen LogP contribution in [0.15, 0.2) is 158 Å².